The van der Waals surface area contributed by atoms with Crippen LogP contribution in [0.4, 0.5) is 0 Å². The van der Waals surface area contributed by atoms with Crippen LogP contribution in [-0.2, 0) is 12.3 Å². The molecule has 0 aliphatic rings. The summed E-state index contributed by atoms with van der Waals surface area (Å²) in [7, 11) is 0. The van der Waals surface area contributed by atoms with E-state index in [1.807, 2.05) is 11.8 Å². The van der Waals surface area contributed by atoms with Crippen LogP contribution in [0.25, 0.3) is 0 Å². The molecule has 0 saturated heterocycles. The quantitative estimate of drug-likeness (QED) is 0.574. The van der Waals surface area contributed by atoms with Crippen LogP contribution < -0.4 is 5.32 Å². The standard InChI is InChI=1S/C16H18INS/c1-2-18-11-13-5-9-16(10-6-13)19-12-14-3-7-15(17)8-4-14/h3-10,18H,2,11-12H2,1H3. The normalized spacial score (nSPS) is 10.6. The molecule has 2 aromatic rings. The number of halogens is 1. The van der Waals surface area contributed by atoms with E-state index in [1.165, 1.54) is 19.6 Å². The van der Waals surface area contributed by atoms with E-state index in [2.05, 4.69) is 83.4 Å². The molecule has 0 saturated carbocycles. The van der Waals surface area contributed by atoms with Gasteiger partial charge in [-0.15, -0.1) is 11.8 Å². The van der Waals surface area contributed by atoms with E-state index in [0.29, 0.717) is 0 Å². The van der Waals surface area contributed by atoms with Crippen molar-refractivity contribution in [1.82, 2.24) is 5.32 Å². The van der Waals surface area contributed by atoms with Gasteiger partial charge in [-0.3, -0.25) is 0 Å². The van der Waals surface area contributed by atoms with E-state index in [9.17, 15) is 0 Å². The molecule has 0 heterocycles. The average molecular weight is 383 g/mol. The first-order valence-electron chi connectivity index (χ1n) is 6.45. The zero-order valence-electron chi connectivity index (χ0n) is 11.0. The second kappa shape index (κ2) is 7.92. The molecule has 0 unspecified atom stereocenters. The van der Waals surface area contributed by atoms with Gasteiger partial charge in [0.25, 0.3) is 0 Å². The summed E-state index contributed by atoms with van der Waals surface area (Å²) in [4.78, 5) is 1.33. The predicted molar refractivity (Wildman–Crippen MR) is 92.5 cm³/mol. The van der Waals surface area contributed by atoms with Gasteiger partial charge in [0.05, 0.1) is 0 Å². The minimum Gasteiger partial charge on any atom is -0.313 e. The zero-order valence-corrected chi connectivity index (χ0v) is 14.0. The van der Waals surface area contributed by atoms with E-state index in [1.54, 1.807) is 0 Å². The summed E-state index contributed by atoms with van der Waals surface area (Å²) in [5, 5.41) is 3.34. The van der Waals surface area contributed by atoms with E-state index in [0.717, 1.165) is 18.8 Å². The zero-order chi connectivity index (χ0) is 13.5. The van der Waals surface area contributed by atoms with Crippen LogP contribution in [0.2, 0.25) is 0 Å². The molecule has 0 aromatic heterocycles. The molecule has 0 aliphatic heterocycles. The molecule has 0 aliphatic carbocycles. The third-order valence-electron chi connectivity index (χ3n) is 2.82. The Morgan fingerprint density at radius 2 is 1.58 bits per heavy atom. The molecule has 0 atom stereocenters. The lowest BCUT2D eigenvalue weighted by atomic mass is 10.2. The smallest absolute Gasteiger partial charge is 0.0232 e. The average Bonchev–Trinajstić information content (AvgIpc) is 2.46. The maximum Gasteiger partial charge on any atom is 0.0232 e. The van der Waals surface area contributed by atoms with Crippen LogP contribution >= 0.6 is 34.4 Å². The maximum absolute atomic E-state index is 3.34. The summed E-state index contributed by atoms with van der Waals surface area (Å²) in [5.41, 5.74) is 2.72. The molecule has 3 heteroatoms. The predicted octanol–water partition coefficient (Wildman–Crippen LogP) is 4.69. The number of hydrogen-bond donors (Lipinski definition) is 1. The molecule has 1 nitrogen and oxygen atoms in total. The molecule has 1 N–H and O–H groups in total. The molecule has 100 valence electrons. The van der Waals surface area contributed by atoms with Crippen molar-refractivity contribution in [2.24, 2.45) is 0 Å². The lowest BCUT2D eigenvalue weighted by Crippen LogP contribution is -2.11. The highest BCUT2D eigenvalue weighted by Crippen LogP contribution is 2.23. The van der Waals surface area contributed by atoms with Gasteiger partial charge in [0.2, 0.25) is 0 Å². The Morgan fingerprint density at radius 3 is 2.21 bits per heavy atom. The molecule has 2 rings (SSSR count). The number of hydrogen-bond acceptors (Lipinski definition) is 2. The van der Waals surface area contributed by atoms with Gasteiger partial charge >= 0.3 is 0 Å². The highest BCUT2D eigenvalue weighted by molar-refractivity contribution is 14.1. The Labute approximate surface area is 133 Å². The minimum absolute atomic E-state index is 0.957. The molecular formula is C16H18INS. The fraction of sp³-hybridized carbons (Fsp3) is 0.250. The third-order valence-corrected chi connectivity index (χ3v) is 4.62. The molecule has 0 radical (unpaired) electrons. The van der Waals surface area contributed by atoms with Gasteiger partial charge < -0.3 is 5.32 Å². The van der Waals surface area contributed by atoms with Crippen molar-refractivity contribution in [1.29, 1.82) is 0 Å². The Hall–Kier alpha value is -0.520. The van der Waals surface area contributed by atoms with Crippen LogP contribution in [0.1, 0.15) is 18.1 Å². The van der Waals surface area contributed by atoms with Crippen LogP contribution in [0.5, 0.6) is 0 Å². The summed E-state index contributed by atoms with van der Waals surface area (Å²) < 4.78 is 1.29. The van der Waals surface area contributed by atoms with Gasteiger partial charge in [0.15, 0.2) is 0 Å². The first-order chi connectivity index (χ1) is 9.28. The Bertz CT molecular complexity index is 493. The van der Waals surface area contributed by atoms with Gasteiger partial charge in [-0.05, 0) is 64.5 Å². The van der Waals surface area contributed by atoms with Gasteiger partial charge in [-0.2, -0.15) is 0 Å². The maximum atomic E-state index is 3.34. The van der Waals surface area contributed by atoms with Crippen molar-refractivity contribution in [3.05, 3.63) is 63.2 Å². The van der Waals surface area contributed by atoms with Gasteiger partial charge in [-0.1, -0.05) is 31.2 Å². The topological polar surface area (TPSA) is 12.0 Å². The monoisotopic (exact) mass is 383 g/mol. The Kier molecular flexibility index (Phi) is 6.20. The Morgan fingerprint density at radius 1 is 0.947 bits per heavy atom. The summed E-state index contributed by atoms with van der Waals surface area (Å²) >= 11 is 4.23. The SMILES string of the molecule is CCNCc1ccc(SCc2ccc(I)cc2)cc1. The second-order valence-corrected chi connectivity index (χ2v) is 6.63. The van der Waals surface area contributed by atoms with Crippen molar-refractivity contribution in [3.63, 3.8) is 0 Å². The fourth-order valence-corrected chi connectivity index (χ4v) is 2.93. The van der Waals surface area contributed by atoms with E-state index in [-0.39, 0.29) is 0 Å². The molecule has 19 heavy (non-hydrogen) atoms. The van der Waals surface area contributed by atoms with Crippen LogP contribution in [0.15, 0.2) is 53.4 Å². The number of thioether (sulfide) groups is 1. The molecule has 0 spiro atoms. The first-order valence-corrected chi connectivity index (χ1v) is 8.51. The first kappa shape index (κ1) is 14.9. The van der Waals surface area contributed by atoms with E-state index >= 15 is 0 Å². The van der Waals surface area contributed by atoms with Gasteiger partial charge in [-0.25, -0.2) is 0 Å². The van der Waals surface area contributed by atoms with Gasteiger partial charge in [0.1, 0.15) is 0 Å². The van der Waals surface area contributed by atoms with Crippen molar-refractivity contribution in [3.8, 4) is 0 Å². The van der Waals surface area contributed by atoms with Crippen LogP contribution in [-0.4, -0.2) is 6.54 Å². The summed E-state index contributed by atoms with van der Waals surface area (Å²) in [6, 6.07) is 17.6. The number of nitrogens with one attached hydrogen (secondary N) is 1. The van der Waals surface area contributed by atoms with E-state index < -0.39 is 0 Å². The van der Waals surface area contributed by atoms with Gasteiger partial charge in [0, 0.05) is 20.8 Å². The number of benzene rings is 2. The minimum atomic E-state index is 0.957. The van der Waals surface area contributed by atoms with Crippen molar-refractivity contribution < 1.29 is 0 Å². The summed E-state index contributed by atoms with van der Waals surface area (Å²) in [6.45, 7) is 4.10. The molecular weight excluding hydrogens is 365 g/mol. The fourth-order valence-electron chi connectivity index (χ4n) is 1.72. The Balaban J connectivity index is 1.87. The molecule has 0 amide bonds. The van der Waals surface area contributed by atoms with Crippen molar-refractivity contribution in [2.45, 2.75) is 24.1 Å². The largest absolute Gasteiger partial charge is 0.313 e. The molecule has 0 bridgehead atoms. The highest BCUT2D eigenvalue weighted by atomic mass is 127. The van der Waals surface area contributed by atoms with Crippen molar-refractivity contribution >= 4 is 34.4 Å². The third kappa shape index (κ3) is 5.16. The number of rotatable bonds is 6. The van der Waals surface area contributed by atoms with Crippen LogP contribution in [0, 0.1) is 3.57 Å². The van der Waals surface area contributed by atoms with Crippen LogP contribution in [0.3, 0.4) is 0 Å². The molecule has 0 fully saturated rings. The lowest BCUT2D eigenvalue weighted by molar-refractivity contribution is 0.726. The molecule has 2 aromatic carbocycles. The highest BCUT2D eigenvalue weighted by Gasteiger charge is 1.98. The lowest BCUT2D eigenvalue weighted by Gasteiger charge is -2.05. The second-order valence-electron chi connectivity index (χ2n) is 4.34. The summed E-state index contributed by atoms with van der Waals surface area (Å²) in [6.07, 6.45) is 0. The van der Waals surface area contributed by atoms with Crippen molar-refractivity contribution in [2.75, 3.05) is 6.54 Å². The summed E-state index contributed by atoms with van der Waals surface area (Å²) in [5.74, 6) is 1.03. The van der Waals surface area contributed by atoms with E-state index in [4.69, 9.17) is 0 Å².